The number of benzene rings is 2. The predicted octanol–water partition coefficient (Wildman–Crippen LogP) is 3.26. The zero-order chi connectivity index (χ0) is 16.9. The van der Waals surface area contributed by atoms with Gasteiger partial charge in [0, 0.05) is 25.7 Å². The van der Waals surface area contributed by atoms with Crippen molar-refractivity contribution in [1.29, 1.82) is 0 Å². The van der Waals surface area contributed by atoms with Crippen molar-refractivity contribution in [2.24, 2.45) is 0 Å². The number of halogens is 2. The molecular weight excluding hydrogens is 343 g/mol. The van der Waals surface area contributed by atoms with Crippen LogP contribution >= 0.6 is 12.4 Å². The van der Waals surface area contributed by atoms with Gasteiger partial charge in [-0.3, -0.25) is 4.79 Å². The summed E-state index contributed by atoms with van der Waals surface area (Å²) in [6.45, 7) is 4.53. The van der Waals surface area contributed by atoms with Crippen LogP contribution in [0.5, 0.6) is 5.75 Å². The van der Waals surface area contributed by atoms with E-state index < -0.39 is 0 Å². The van der Waals surface area contributed by atoms with Gasteiger partial charge in [0.05, 0.1) is 5.56 Å². The van der Waals surface area contributed by atoms with Crippen LogP contribution in [-0.4, -0.2) is 36.5 Å². The van der Waals surface area contributed by atoms with Crippen LogP contribution in [0.25, 0.3) is 0 Å². The zero-order valence-corrected chi connectivity index (χ0v) is 14.9. The second-order valence-electron chi connectivity index (χ2n) is 6.02. The summed E-state index contributed by atoms with van der Waals surface area (Å²) in [4.78, 5) is 14.6. The molecule has 0 aromatic heterocycles. The standard InChI is InChI=1S/C19H21FN2O2.ClH/c1-14-12-22(11-10-21-14)19(23)17-4-2-3-5-18(17)24-13-15-6-8-16(20)9-7-15;/h2-9,14,21H,10-13H2,1H3;1H. The minimum atomic E-state index is -0.276. The fraction of sp³-hybridized carbons (Fsp3) is 0.316. The van der Waals surface area contributed by atoms with E-state index in [1.807, 2.05) is 17.0 Å². The minimum Gasteiger partial charge on any atom is -0.488 e. The smallest absolute Gasteiger partial charge is 0.257 e. The number of ether oxygens (including phenoxy) is 1. The van der Waals surface area contributed by atoms with Crippen LogP contribution in [0.15, 0.2) is 48.5 Å². The Morgan fingerprint density at radius 1 is 1.24 bits per heavy atom. The van der Waals surface area contributed by atoms with Crippen molar-refractivity contribution in [2.75, 3.05) is 19.6 Å². The summed E-state index contributed by atoms with van der Waals surface area (Å²) < 4.78 is 18.8. The van der Waals surface area contributed by atoms with E-state index in [1.54, 1.807) is 24.3 Å². The van der Waals surface area contributed by atoms with Crippen LogP contribution in [0.3, 0.4) is 0 Å². The predicted molar refractivity (Wildman–Crippen MR) is 97.8 cm³/mol. The number of para-hydroxylation sites is 1. The maximum Gasteiger partial charge on any atom is 0.257 e. The summed E-state index contributed by atoms with van der Waals surface area (Å²) >= 11 is 0. The number of carbonyl (C=O) groups excluding carboxylic acids is 1. The first kappa shape index (κ1) is 19.2. The van der Waals surface area contributed by atoms with E-state index in [-0.39, 0.29) is 30.2 Å². The van der Waals surface area contributed by atoms with Gasteiger partial charge in [-0.2, -0.15) is 0 Å². The molecule has 0 aliphatic carbocycles. The van der Waals surface area contributed by atoms with Crippen molar-refractivity contribution in [3.05, 3.63) is 65.5 Å². The summed E-state index contributed by atoms with van der Waals surface area (Å²) in [5.41, 5.74) is 1.42. The molecule has 0 saturated carbocycles. The van der Waals surface area contributed by atoms with Crippen molar-refractivity contribution in [2.45, 2.75) is 19.6 Å². The Hall–Kier alpha value is -2.11. The van der Waals surface area contributed by atoms with Gasteiger partial charge in [0.25, 0.3) is 5.91 Å². The molecule has 0 radical (unpaired) electrons. The first-order valence-corrected chi connectivity index (χ1v) is 8.12. The molecule has 1 heterocycles. The Morgan fingerprint density at radius 2 is 1.96 bits per heavy atom. The third kappa shape index (κ3) is 4.94. The highest BCUT2D eigenvalue weighted by molar-refractivity contribution is 5.97. The first-order valence-electron chi connectivity index (χ1n) is 8.12. The molecular formula is C19H22ClFN2O2. The molecule has 3 rings (SSSR count). The molecule has 6 heteroatoms. The summed E-state index contributed by atoms with van der Waals surface area (Å²) in [7, 11) is 0. The van der Waals surface area contributed by atoms with E-state index in [4.69, 9.17) is 4.74 Å². The number of hydrogen-bond donors (Lipinski definition) is 1. The molecule has 25 heavy (non-hydrogen) atoms. The highest BCUT2D eigenvalue weighted by atomic mass is 35.5. The topological polar surface area (TPSA) is 41.6 Å². The van der Waals surface area contributed by atoms with Gasteiger partial charge in [0.1, 0.15) is 18.2 Å². The lowest BCUT2D eigenvalue weighted by Gasteiger charge is -2.32. The van der Waals surface area contributed by atoms with Crippen molar-refractivity contribution in [3.63, 3.8) is 0 Å². The number of hydrogen-bond acceptors (Lipinski definition) is 3. The first-order chi connectivity index (χ1) is 11.6. The summed E-state index contributed by atoms with van der Waals surface area (Å²) in [5, 5.41) is 3.33. The van der Waals surface area contributed by atoms with Crippen LogP contribution < -0.4 is 10.1 Å². The van der Waals surface area contributed by atoms with Crippen LogP contribution in [0.1, 0.15) is 22.8 Å². The second-order valence-corrected chi connectivity index (χ2v) is 6.02. The van der Waals surface area contributed by atoms with Crippen molar-refractivity contribution in [3.8, 4) is 5.75 Å². The zero-order valence-electron chi connectivity index (χ0n) is 14.1. The van der Waals surface area contributed by atoms with E-state index >= 15 is 0 Å². The number of piperazine rings is 1. The molecule has 1 aliphatic rings. The second kappa shape index (κ2) is 8.83. The lowest BCUT2D eigenvalue weighted by Crippen LogP contribution is -2.51. The quantitative estimate of drug-likeness (QED) is 0.905. The average Bonchev–Trinajstić information content (AvgIpc) is 2.61. The van der Waals surface area contributed by atoms with Crippen molar-refractivity contribution < 1.29 is 13.9 Å². The van der Waals surface area contributed by atoms with E-state index in [0.717, 1.165) is 12.1 Å². The summed E-state index contributed by atoms with van der Waals surface area (Å²) in [5.74, 6) is 0.262. The number of nitrogens with zero attached hydrogens (tertiary/aromatic N) is 1. The fourth-order valence-electron chi connectivity index (χ4n) is 2.80. The largest absolute Gasteiger partial charge is 0.488 e. The molecule has 1 fully saturated rings. The van der Waals surface area contributed by atoms with E-state index in [0.29, 0.717) is 31.0 Å². The number of rotatable bonds is 4. The highest BCUT2D eigenvalue weighted by Gasteiger charge is 2.23. The maximum atomic E-state index is 13.0. The SMILES string of the molecule is CC1CN(C(=O)c2ccccc2OCc2ccc(F)cc2)CCN1.Cl. The van der Waals surface area contributed by atoms with Gasteiger partial charge in [-0.05, 0) is 36.8 Å². The average molecular weight is 365 g/mol. The normalized spacial score (nSPS) is 16.9. The molecule has 1 atom stereocenters. The monoisotopic (exact) mass is 364 g/mol. The van der Waals surface area contributed by atoms with Crippen molar-refractivity contribution in [1.82, 2.24) is 10.2 Å². The number of carbonyl (C=O) groups is 1. The lowest BCUT2D eigenvalue weighted by molar-refractivity contribution is 0.0704. The molecule has 1 unspecified atom stereocenters. The van der Waals surface area contributed by atoms with Gasteiger partial charge in [-0.1, -0.05) is 24.3 Å². The van der Waals surface area contributed by atoms with E-state index in [1.165, 1.54) is 12.1 Å². The van der Waals surface area contributed by atoms with Gasteiger partial charge in [0.15, 0.2) is 0 Å². The minimum absolute atomic E-state index is 0. The van der Waals surface area contributed by atoms with Gasteiger partial charge in [0.2, 0.25) is 0 Å². The van der Waals surface area contributed by atoms with Crippen LogP contribution in [0.2, 0.25) is 0 Å². The molecule has 0 bridgehead atoms. The van der Waals surface area contributed by atoms with Gasteiger partial charge in [-0.25, -0.2) is 4.39 Å². The molecule has 1 amide bonds. The van der Waals surface area contributed by atoms with E-state index in [9.17, 15) is 9.18 Å². The summed E-state index contributed by atoms with van der Waals surface area (Å²) in [6, 6.07) is 13.7. The van der Waals surface area contributed by atoms with Gasteiger partial charge in [-0.15, -0.1) is 12.4 Å². The Kier molecular flexibility index (Phi) is 6.79. The summed E-state index contributed by atoms with van der Waals surface area (Å²) in [6.07, 6.45) is 0. The number of nitrogens with one attached hydrogen (secondary N) is 1. The van der Waals surface area contributed by atoms with Crippen LogP contribution in [0.4, 0.5) is 4.39 Å². The Balaban J connectivity index is 0.00000225. The molecule has 1 saturated heterocycles. The number of amides is 1. The van der Waals surface area contributed by atoms with Gasteiger partial charge < -0.3 is 15.0 Å². The third-order valence-electron chi connectivity index (χ3n) is 4.08. The van der Waals surface area contributed by atoms with E-state index in [2.05, 4.69) is 12.2 Å². The molecule has 1 N–H and O–H groups in total. The van der Waals surface area contributed by atoms with Crippen LogP contribution in [0, 0.1) is 5.82 Å². The highest BCUT2D eigenvalue weighted by Crippen LogP contribution is 2.22. The Morgan fingerprint density at radius 3 is 2.68 bits per heavy atom. The fourth-order valence-corrected chi connectivity index (χ4v) is 2.80. The van der Waals surface area contributed by atoms with Crippen LogP contribution in [-0.2, 0) is 6.61 Å². The third-order valence-corrected chi connectivity index (χ3v) is 4.08. The van der Waals surface area contributed by atoms with Gasteiger partial charge >= 0.3 is 0 Å². The molecule has 0 spiro atoms. The van der Waals surface area contributed by atoms with Crippen molar-refractivity contribution >= 4 is 18.3 Å². The molecule has 134 valence electrons. The lowest BCUT2D eigenvalue weighted by atomic mass is 10.1. The molecule has 1 aliphatic heterocycles. The Bertz CT molecular complexity index is 709. The molecule has 2 aromatic carbocycles. The maximum absolute atomic E-state index is 13.0. The molecule has 2 aromatic rings. The molecule has 4 nitrogen and oxygen atoms in total. The Labute approximate surface area is 153 Å².